The van der Waals surface area contributed by atoms with Gasteiger partial charge in [-0.3, -0.25) is 9.59 Å². The summed E-state index contributed by atoms with van der Waals surface area (Å²) in [7, 11) is 1.59. The van der Waals surface area contributed by atoms with Gasteiger partial charge >= 0.3 is 0 Å². The van der Waals surface area contributed by atoms with Crippen LogP contribution in [0.2, 0.25) is 0 Å². The van der Waals surface area contributed by atoms with E-state index in [0.717, 1.165) is 10.5 Å². The fourth-order valence-electron chi connectivity index (χ4n) is 3.41. The lowest BCUT2D eigenvalue weighted by atomic mass is 10.0. The highest BCUT2D eigenvalue weighted by Gasteiger charge is 2.40. The van der Waals surface area contributed by atoms with Crippen LogP contribution in [0.15, 0.2) is 94.4 Å². The Morgan fingerprint density at radius 1 is 0.875 bits per heavy atom. The second kappa shape index (κ2) is 9.32. The predicted molar refractivity (Wildman–Crippen MR) is 129 cm³/mol. The molecule has 1 heterocycles. The number of anilines is 2. The molecule has 0 atom stereocenters. The first-order chi connectivity index (χ1) is 15.5. The molecule has 6 heteroatoms. The Kier molecular flexibility index (Phi) is 6.32. The number of benzene rings is 3. The normalized spacial score (nSPS) is 13.8. The molecule has 0 spiro atoms. The lowest BCUT2D eigenvalue weighted by Crippen LogP contribution is -2.32. The highest BCUT2D eigenvalue weighted by atomic mass is 32.2. The fourth-order valence-corrected chi connectivity index (χ4v) is 4.36. The molecule has 0 saturated carbocycles. The maximum Gasteiger partial charge on any atom is 0.283 e. The number of nitrogens with zero attached hydrogens (tertiary/aromatic N) is 1. The van der Waals surface area contributed by atoms with E-state index in [2.05, 4.69) is 19.2 Å². The summed E-state index contributed by atoms with van der Waals surface area (Å²) < 4.78 is 5.29. The Morgan fingerprint density at radius 2 is 1.59 bits per heavy atom. The van der Waals surface area contributed by atoms with E-state index in [9.17, 15) is 9.59 Å². The summed E-state index contributed by atoms with van der Waals surface area (Å²) in [5.41, 5.74) is 2.63. The van der Waals surface area contributed by atoms with Gasteiger partial charge in [-0.2, -0.15) is 0 Å². The van der Waals surface area contributed by atoms with Crippen LogP contribution in [0.5, 0.6) is 5.75 Å². The molecule has 1 aliphatic rings. The number of rotatable bonds is 7. The van der Waals surface area contributed by atoms with Gasteiger partial charge in [-0.15, -0.1) is 0 Å². The molecule has 0 fully saturated rings. The van der Waals surface area contributed by atoms with E-state index in [0.29, 0.717) is 27.9 Å². The van der Waals surface area contributed by atoms with Crippen molar-refractivity contribution in [3.8, 4) is 5.75 Å². The second-order valence-corrected chi connectivity index (χ2v) is 8.75. The van der Waals surface area contributed by atoms with Crippen molar-refractivity contribution in [3.05, 3.63) is 95.0 Å². The average molecular weight is 445 g/mol. The standard InChI is InChI=1S/C26H24N2O3S/c1-17(2)18-12-14-20(15-13-18)28-25(29)23(27-19-8-7-9-21(16-19)31-3)24(26(28)30)32-22-10-5-4-6-11-22/h4-17,27H,1-3H3. The first-order valence-electron chi connectivity index (χ1n) is 10.3. The van der Waals surface area contributed by atoms with E-state index in [1.54, 1.807) is 13.2 Å². The topological polar surface area (TPSA) is 58.6 Å². The number of amides is 2. The van der Waals surface area contributed by atoms with Crippen molar-refractivity contribution in [2.75, 3.05) is 17.3 Å². The van der Waals surface area contributed by atoms with Crippen LogP contribution in [0.3, 0.4) is 0 Å². The third kappa shape index (κ3) is 4.41. The van der Waals surface area contributed by atoms with Gasteiger partial charge in [0.15, 0.2) is 0 Å². The van der Waals surface area contributed by atoms with E-state index < -0.39 is 0 Å². The minimum Gasteiger partial charge on any atom is -0.497 e. The zero-order valence-electron chi connectivity index (χ0n) is 18.2. The van der Waals surface area contributed by atoms with Gasteiger partial charge in [0.05, 0.1) is 12.8 Å². The largest absolute Gasteiger partial charge is 0.497 e. The average Bonchev–Trinajstić information content (AvgIpc) is 3.04. The molecule has 0 aromatic heterocycles. The highest BCUT2D eigenvalue weighted by molar-refractivity contribution is 8.04. The van der Waals surface area contributed by atoms with Crippen LogP contribution in [0, 0.1) is 0 Å². The molecule has 0 aliphatic carbocycles. The minimum absolute atomic E-state index is 0.255. The molecule has 0 unspecified atom stereocenters. The van der Waals surface area contributed by atoms with Crippen molar-refractivity contribution in [2.24, 2.45) is 0 Å². The van der Waals surface area contributed by atoms with E-state index in [-0.39, 0.29) is 17.5 Å². The number of carbonyl (C=O) groups excluding carboxylic acids is 2. The van der Waals surface area contributed by atoms with Gasteiger partial charge in [0.1, 0.15) is 16.4 Å². The van der Waals surface area contributed by atoms with Crippen LogP contribution in [0.4, 0.5) is 11.4 Å². The summed E-state index contributed by atoms with van der Waals surface area (Å²) in [5, 5.41) is 3.16. The SMILES string of the molecule is COc1cccc(NC2=C(Sc3ccccc3)C(=O)N(c3ccc(C(C)C)cc3)C2=O)c1. The number of imide groups is 1. The number of carbonyl (C=O) groups is 2. The third-order valence-corrected chi connectivity index (χ3v) is 6.25. The van der Waals surface area contributed by atoms with Crippen molar-refractivity contribution in [2.45, 2.75) is 24.7 Å². The van der Waals surface area contributed by atoms with E-state index >= 15 is 0 Å². The molecule has 2 amide bonds. The van der Waals surface area contributed by atoms with E-state index in [4.69, 9.17) is 4.74 Å². The van der Waals surface area contributed by atoms with Crippen LogP contribution < -0.4 is 15.0 Å². The van der Waals surface area contributed by atoms with Crippen molar-refractivity contribution in [1.29, 1.82) is 0 Å². The molecule has 3 aromatic rings. The van der Waals surface area contributed by atoms with Crippen LogP contribution in [0.25, 0.3) is 0 Å². The Morgan fingerprint density at radius 3 is 2.25 bits per heavy atom. The molecule has 3 aromatic carbocycles. The van der Waals surface area contributed by atoms with Gasteiger partial charge in [-0.25, -0.2) is 4.90 Å². The van der Waals surface area contributed by atoms with Crippen LogP contribution in [-0.2, 0) is 9.59 Å². The van der Waals surface area contributed by atoms with Gasteiger partial charge in [0.25, 0.3) is 11.8 Å². The first-order valence-corrected chi connectivity index (χ1v) is 11.2. The summed E-state index contributed by atoms with van der Waals surface area (Å²) in [6.45, 7) is 4.21. The summed E-state index contributed by atoms with van der Waals surface area (Å²) >= 11 is 1.28. The first kappa shape index (κ1) is 21.7. The highest BCUT2D eigenvalue weighted by Crippen LogP contribution is 2.38. The molecule has 4 rings (SSSR count). The number of hydrogen-bond acceptors (Lipinski definition) is 5. The summed E-state index contributed by atoms with van der Waals surface area (Å²) in [5.74, 6) is 0.299. The van der Waals surface area contributed by atoms with Crippen molar-refractivity contribution in [3.63, 3.8) is 0 Å². The number of methoxy groups -OCH3 is 1. The Balaban J connectivity index is 1.72. The van der Waals surface area contributed by atoms with Gasteiger partial charge in [-0.1, -0.05) is 62.0 Å². The van der Waals surface area contributed by atoms with Gasteiger partial charge in [-0.05, 0) is 47.9 Å². The lowest BCUT2D eigenvalue weighted by Gasteiger charge is -2.16. The van der Waals surface area contributed by atoms with Crippen molar-refractivity contribution < 1.29 is 14.3 Å². The molecule has 0 bridgehead atoms. The number of hydrogen-bond donors (Lipinski definition) is 1. The van der Waals surface area contributed by atoms with Gasteiger partial charge in [0.2, 0.25) is 0 Å². The summed E-state index contributed by atoms with van der Waals surface area (Å²) in [6, 6.07) is 24.4. The predicted octanol–water partition coefficient (Wildman–Crippen LogP) is 5.81. The maximum absolute atomic E-state index is 13.4. The number of thioether (sulfide) groups is 1. The zero-order chi connectivity index (χ0) is 22.7. The summed E-state index contributed by atoms with van der Waals surface area (Å²) in [6.07, 6.45) is 0. The summed E-state index contributed by atoms with van der Waals surface area (Å²) in [4.78, 5) is 29.3. The Hall–Kier alpha value is -3.51. The molecule has 5 nitrogen and oxygen atoms in total. The van der Waals surface area contributed by atoms with Crippen molar-refractivity contribution >= 4 is 35.0 Å². The van der Waals surface area contributed by atoms with E-state index in [1.165, 1.54) is 16.7 Å². The zero-order valence-corrected chi connectivity index (χ0v) is 19.0. The molecule has 32 heavy (non-hydrogen) atoms. The molecule has 162 valence electrons. The molecular formula is C26H24N2O3S. The maximum atomic E-state index is 13.4. The number of nitrogens with one attached hydrogen (secondary N) is 1. The monoisotopic (exact) mass is 444 g/mol. The fraction of sp³-hybridized carbons (Fsp3) is 0.154. The Bertz CT molecular complexity index is 1170. The minimum atomic E-state index is -0.381. The number of ether oxygens (including phenoxy) is 1. The Labute approximate surface area is 192 Å². The molecule has 1 N–H and O–H groups in total. The van der Waals surface area contributed by atoms with Gasteiger partial charge < -0.3 is 10.1 Å². The third-order valence-electron chi connectivity index (χ3n) is 5.16. The van der Waals surface area contributed by atoms with Crippen molar-refractivity contribution in [1.82, 2.24) is 0 Å². The van der Waals surface area contributed by atoms with E-state index in [1.807, 2.05) is 72.8 Å². The van der Waals surface area contributed by atoms with Crippen LogP contribution in [-0.4, -0.2) is 18.9 Å². The molecular weight excluding hydrogens is 420 g/mol. The molecule has 0 saturated heterocycles. The second-order valence-electron chi connectivity index (χ2n) is 7.67. The lowest BCUT2D eigenvalue weighted by molar-refractivity contribution is -0.120. The smallest absolute Gasteiger partial charge is 0.283 e. The quantitative estimate of drug-likeness (QED) is 0.466. The van der Waals surface area contributed by atoms with Gasteiger partial charge in [0, 0.05) is 16.6 Å². The van der Waals surface area contributed by atoms with Crippen LogP contribution >= 0.6 is 11.8 Å². The molecule has 0 radical (unpaired) electrons. The molecule has 1 aliphatic heterocycles. The van der Waals surface area contributed by atoms with Crippen LogP contribution in [0.1, 0.15) is 25.3 Å².